The summed E-state index contributed by atoms with van der Waals surface area (Å²) in [7, 11) is 0. The molecule has 4 heterocycles. The zero-order valence-corrected chi connectivity index (χ0v) is 43.3. The van der Waals surface area contributed by atoms with Crippen molar-refractivity contribution in [1.82, 2.24) is 23.9 Å². The van der Waals surface area contributed by atoms with Crippen LogP contribution < -0.4 is 0 Å². The van der Waals surface area contributed by atoms with E-state index in [1.165, 1.54) is 76.7 Å². The fraction of sp³-hybridized carbons (Fsp3) is 0. The summed E-state index contributed by atoms with van der Waals surface area (Å²) >= 11 is 0. The Balaban J connectivity index is 0.862. The Morgan fingerprint density at radius 3 is 0.825 bits per heavy atom. The van der Waals surface area contributed by atoms with Crippen molar-refractivity contribution in [2.24, 2.45) is 0 Å². The Morgan fingerprint density at radius 2 is 0.450 bits per heavy atom. The van der Waals surface area contributed by atoms with Gasteiger partial charge in [-0.15, -0.1) is 10.2 Å². The number of fused-ring (bicyclic) bond motifs is 9. The molecular weight excluding hydrogens is 975 g/mol. The van der Waals surface area contributed by atoms with E-state index in [0.29, 0.717) is 11.8 Å². The van der Waals surface area contributed by atoms with Gasteiger partial charge in [-0.05, 0) is 172 Å². The molecule has 16 rings (SSSR count). The van der Waals surface area contributed by atoms with Crippen molar-refractivity contribution >= 4 is 65.4 Å². The first-order valence-electron chi connectivity index (χ1n) is 27.1. The maximum Gasteiger partial charge on any atom is 0.248 e. The summed E-state index contributed by atoms with van der Waals surface area (Å²) in [5.41, 5.74) is 21.4. The normalized spacial score (nSPS) is 11.8. The van der Waals surface area contributed by atoms with E-state index in [0.717, 1.165) is 61.4 Å². The molecule has 0 fully saturated rings. The second-order valence-electron chi connectivity index (χ2n) is 20.6. The van der Waals surface area contributed by atoms with Gasteiger partial charge in [-0.25, -0.2) is 0 Å². The Hall–Kier alpha value is -10.8. The van der Waals surface area contributed by atoms with Crippen LogP contribution in [0, 0.1) is 0 Å². The topological polar surface area (TPSA) is 53.7 Å². The third-order valence-electron chi connectivity index (χ3n) is 16.0. The second kappa shape index (κ2) is 18.4. The molecule has 0 amide bonds. The molecule has 12 aromatic carbocycles. The Morgan fingerprint density at radius 1 is 0.200 bits per heavy atom. The van der Waals surface area contributed by atoms with Crippen LogP contribution in [0.2, 0.25) is 0 Å². The minimum atomic E-state index is 0.483. The quantitative estimate of drug-likeness (QED) is 0.145. The van der Waals surface area contributed by atoms with Gasteiger partial charge in [0.05, 0.1) is 33.1 Å². The highest BCUT2D eigenvalue weighted by molar-refractivity contribution is 6.15. The number of para-hydroxylation sites is 1. The first-order valence-corrected chi connectivity index (χ1v) is 27.1. The molecule has 0 bridgehead atoms. The number of aromatic nitrogens is 5. The van der Waals surface area contributed by atoms with Crippen molar-refractivity contribution in [1.29, 1.82) is 0 Å². The number of rotatable bonds is 9. The molecule has 6 heteroatoms. The van der Waals surface area contributed by atoms with E-state index in [1.807, 2.05) is 30.3 Å². The van der Waals surface area contributed by atoms with E-state index in [9.17, 15) is 0 Å². The Labute approximate surface area is 460 Å². The van der Waals surface area contributed by atoms with E-state index in [1.54, 1.807) is 0 Å². The van der Waals surface area contributed by atoms with E-state index in [2.05, 4.69) is 279 Å². The third kappa shape index (κ3) is 7.49. The van der Waals surface area contributed by atoms with Crippen LogP contribution in [0.5, 0.6) is 0 Å². The van der Waals surface area contributed by atoms with Crippen molar-refractivity contribution in [3.63, 3.8) is 0 Å². The van der Waals surface area contributed by atoms with Gasteiger partial charge in [0, 0.05) is 60.5 Å². The van der Waals surface area contributed by atoms with Crippen LogP contribution in [0.1, 0.15) is 0 Å². The third-order valence-corrected chi connectivity index (χ3v) is 16.0. The molecule has 0 N–H and O–H groups in total. The maximum atomic E-state index is 6.17. The molecular formula is C74H47N5O. The molecule has 0 atom stereocenters. The van der Waals surface area contributed by atoms with Gasteiger partial charge in [0.25, 0.3) is 0 Å². The summed E-state index contributed by atoms with van der Waals surface area (Å²) < 4.78 is 13.4. The van der Waals surface area contributed by atoms with Crippen molar-refractivity contribution < 1.29 is 4.42 Å². The van der Waals surface area contributed by atoms with Crippen LogP contribution in [0.3, 0.4) is 0 Å². The molecule has 0 aliphatic rings. The van der Waals surface area contributed by atoms with Crippen LogP contribution in [-0.4, -0.2) is 23.9 Å². The first kappa shape index (κ1) is 45.4. The van der Waals surface area contributed by atoms with E-state index >= 15 is 0 Å². The lowest BCUT2D eigenvalue weighted by molar-refractivity contribution is 0.584. The van der Waals surface area contributed by atoms with E-state index < -0.39 is 0 Å². The predicted octanol–water partition coefficient (Wildman–Crippen LogP) is 19.4. The standard InChI is InChI=1S/C74H47N5O/c1-6-16-48(17-7-1)53-28-36-67-61(42-53)63-45-56(31-39-68(63)78(67)59-33-26-52(27-34-59)74-76-75-73(80-74)51-22-12-4-13-23-51)57-32-40-71-64(46-57)62-43-54(49-18-8-2-9-19-49)30-38-70(62)79(71)60-35-41-72-66(47-60)65-44-55(50-20-10-3-11-21-50)29-37-69(65)77(72)58-24-14-5-15-25-58/h1-47H. The molecule has 80 heavy (non-hydrogen) atoms. The van der Waals surface area contributed by atoms with Gasteiger partial charge in [0.1, 0.15) is 0 Å². The molecule has 374 valence electrons. The summed E-state index contributed by atoms with van der Waals surface area (Å²) in [5.74, 6) is 0.982. The highest BCUT2D eigenvalue weighted by Gasteiger charge is 2.21. The molecule has 0 saturated carbocycles. The number of hydrogen-bond donors (Lipinski definition) is 0. The average Bonchev–Trinajstić information content (AvgIpc) is 4.45. The van der Waals surface area contributed by atoms with Gasteiger partial charge in [0.15, 0.2) is 0 Å². The van der Waals surface area contributed by atoms with Gasteiger partial charge in [-0.2, -0.15) is 0 Å². The van der Waals surface area contributed by atoms with Crippen molar-refractivity contribution in [3.05, 3.63) is 285 Å². The zero-order valence-electron chi connectivity index (χ0n) is 43.3. The van der Waals surface area contributed by atoms with Gasteiger partial charge < -0.3 is 18.1 Å². The molecule has 6 nitrogen and oxygen atoms in total. The van der Waals surface area contributed by atoms with Gasteiger partial charge >= 0.3 is 0 Å². The number of nitrogens with zero attached hydrogens (tertiary/aromatic N) is 5. The Kier molecular flexibility index (Phi) is 10.5. The SMILES string of the molecule is c1ccc(-c2ccc3c(c2)c2cc(-c4ccc5c(c4)c4cc(-c6ccccc6)ccc4n5-c4ccc5c(c4)c4cc(-c6ccccc6)ccc4n5-c4ccccc4)ccc2n3-c2ccc(-c3nnc(-c4ccccc4)o3)cc2)cc1. The van der Waals surface area contributed by atoms with E-state index in [4.69, 9.17) is 4.42 Å². The lowest BCUT2D eigenvalue weighted by Gasteiger charge is -2.11. The fourth-order valence-corrected chi connectivity index (χ4v) is 12.2. The minimum Gasteiger partial charge on any atom is -0.416 e. The monoisotopic (exact) mass is 1020 g/mol. The van der Waals surface area contributed by atoms with Gasteiger partial charge in [-0.1, -0.05) is 158 Å². The van der Waals surface area contributed by atoms with Crippen LogP contribution in [-0.2, 0) is 0 Å². The van der Waals surface area contributed by atoms with Gasteiger partial charge in [0.2, 0.25) is 11.8 Å². The smallest absolute Gasteiger partial charge is 0.248 e. The average molecular weight is 1020 g/mol. The highest BCUT2D eigenvalue weighted by Crippen LogP contribution is 2.43. The molecule has 0 spiro atoms. The lowest BCUT2D eigenvalue weighted by Crippen LogP contribution is -1.95. The summed E-state index contributed by atoms with van der Waals surface area (Å²) in [5, 5.41) is 16.0. The fourth-order valence-electron chi connectivity index (χ4n) is 12.2. The molecule has 4 aromatic heterocycles. The maximum absolute atomic E-state index is 6.17. The van der Waals surface area contributed by atoms with Crippen molar-refractivity contribution in [2.45, 2.75) is 0 Å². The first-order chi connectivity index (χ1) is 39.6. The van der Waals surface area contributed by atoms with Crippen LogP contribution >= 0.6 is 0 Å². The van der Waals surface area contributed by atoms with Crippen LogP contribution in [0.4, 0.5) is 0 Å². The Bertz CT molecular complexity index is 5020. The highest BCUT2D eigenvalue weighted by atomic mass is 16.4. The predicted molar refractivity (Wildman–Crippen MR) is 330 cm³/mol. The van der Waals surface area contributed by atoms with E-state index in [-0.39, 0.29) is 0 Å². The largest absolute Gasteiger partial charge is 0.416 e. The number of hydrogen-bond acceptors (Lipinski definition) is 3. The number of benzene rings is 12. The summed E-state index contributed by atoms with van der Waals surface area (Å²) in [6, 6.07) is 103. The van der Waals surface area contributed by atoms with Crippen LogP contribution in [0.25, 0.3) is 150 Å². The molecule has 0 aliphatic heterocycles. The van der Waals surface area contributed by atoms with Crippen molar-refractivity contribution in [3.8, 4) is 84.5 Å². The van der Waals surface area contributed by atoms with Crippen LogP contribution in [0.15, 0.2) is 290 Å². The molecule has 0 saturated heterocycles. The lowest BCUT2D eigenvalue weighted by atomic mass is 9.98. The zero-order chi connectivity index (χ0) is 52.7. The minimum absolute atomic E-state index is 0.483. The summed E-state index contributed by atoms with van der Waals surface area (Å²) in [4.78, 5) is 0. The summed E-state index contributed by atoms with van der Waals surface area (Å²) in [6.45, 7) is 0. The molecule has 0 aliphatic carbocycles. The summed E-state index contributed by atoms with van der Waals surface area (Å²) in [6.07, 6.45) is 0. The van der Waals surface area contributed by atoms with Crippen molar-refractivity contribution in [2.75, 3.05) is 0 Å². The second-order valence-corrected chi connectivity index (χ2v) is 20.6. The van der Waals surface area contributed by atoms with Gasteiger partial charge in [-0.3, -0.25) is 0 Å². The molecule has 0 unspecified atom stereocenters. The molecule has 0 radical (unpaired) electrons. The molecule has 16 aromatic rings.